The fraction of sp³-hybridized carbons (Fsp3) is 0.867. The highest BCUT2D eigenvalue weighted by Crippen LogP contribution is 2.27. The lowest BCUT2D eigenvalue weighted by Gasteiger charge is -2.26. The topological polar surface area (TPSA) is 102 Å². The third kappa shape index (κ3) is 5.28. The maximum Gasteiger partial charge on any atom is 0.303 e. The number of rotatable bonds is 9. The molecule has 0 aliphatic carbocycles. The molecule has 0 aromatic carbocycles. The monoisotopic (exact) mass is 300 g/mol. The first kappa shape index (κ1) is 17.9. The predicted octanol–water partition coefficient (Wildman–Crippen LogP) is 1.14. The quantitative estimate of drug-likeness (QED) is 0.592. The van der Waals surface area contributed by atoms with Crippen LogP contribution in [0.25, 0.3) is 0 Å². The Morgan fingerprint density at radius 2 is 2.14 bits per heavy atom. The molecule has 1 aliphatic rings. The van der Waals surface area contributed by atoms with Gasteiger partial charge in [-0.25, -0.2) is 0 Å². The lowest BCUT2D eigenvalue weighted by atomic mass is 9.84. The number of nitrogens with two attached hydrogens (primary N) is 1. The van der Waals surface area contributed by atoms with Crippen molar-refractivity contribution in [3.8, 4) is 0 Å². The normalized spacial score (nSPS) is 26.5. The van der Waals surface area contributed by atoms with E-state index in [0.29, 0.717) is 32.1 Å². The average Bonchev–Trinajstić information content (AvgIpc) is 2.77. The summed E-state index contributed by atoms with van der Waals surface area (Å²) < 4.78 is 5.27. The first-order valence-corrected chi connectivity index (χ1v) is 7.73. The van der Waals surface area contributed by atoms with Crippen molar-refractivity contribution in [2.75, 3.05) is 19.8 Å². The van der Waals surface area contributed by atoms with Crippen molar-refractivity contribution >= 4 is 11.9 Å². The number of ether oxygens (including phenoxy) is 1. The molecule has 1 saturated heterocycles. The van der Waals surface area contributed by atoms with Gasteiger partial charge in [0.15, 0.2) is 0 Å². The summed E-state index contributed by atoms with van der Waals surface area (Å²) in [5.41, 5.74) is 5.27. The highest BCUT2D eigenvalue weighted by Gasteiger charge is 2.44. The van der Waals surface area contributed by atoms with Crippen LogP contribution < -0.4 is 11.1 Å². The Morgan fingerprint density at radius 3 is 2.67 bits per heavy atom. The van der Waals surface area contributed by atoms with Gasteiger partial charge in [0.1, 0.15) is 0 Å². The van der Waals surface area contributed by atoms with Crippen LogP contribution in [-0.4, -0.2) is 42.8 Å². The van der Waals surface area contributed by atoms with Crippen molar-refractivity contribution in [2.24, 2.45) is 17.1 Å². The van der Waals surface area contributed by atoms with Crippen molar-refractivity contribution in [3.63, 3.8) is 0 Å². The highest BCUT2D eigenvalue weighted by atomic mass is 16.5. The largest absolute Gasteiger partial charge is 0.481 e. The third-order valence-electron chi connectivity index (χ3n) is 4.34. The van der Waals surface area contributed by atoms with Gasteiger partial charge in [0, 0.05) is 19.0 Å². The standard InChI is InChI=1S/C15H28N2O4/c1-3-4-11(5-6-13(18)19)7-8-17-14(20)15(2)10-21-9-12(15)16/h11-12H,3-10,16H2,1-2H3,(H,17,20)(H,18,19). The molecule has 6 nitrogen and oxygen atoms in total. The second kappa shape index (κ2) is 8.34. The van der Waals surface area contributed by atoms with E-state index in [1.54, 1.807) is 0 Å². The zero-order valence-electron chi connectivity index (χ0n) is 13.1. The van der Waals surface area contributed by atoms with E-state index >= 15 is 0 Å². The molecule has 0 radical (unpaired) electrons. The molecule has 1 fully saturated rings. The van der Waals surface area contributed by atoms with E-state index < -0.39 is 11.4 Å². The van der Waals surface area contributed by atoms with Crippen molar-refractivity contribution in [1.82, 2.24) is 5.32 Å². The van der Waals surface area contributed by atoms with Crippen LogP contribution in [0.2, 0.25) is 0 Å². The Bertz CT molecular complexity index is 362. The van der Waals surface area contributed by atoms with Gasteiger partial charge in [0.05, 0.1) is 18.6 Å². The molecule has 0 aromatic heterocycles. The molecule has 1 heterocycles. The summed E-state index contributed by atoms with van der Waals surface area (Å²) in [6.07, 6.45) is 3.67. The molecule has 0 aromatic rings. The number of nitrogens with one attached hydrogen (secondary N) is 1. The van der Waals surface area contributed by atoms with E-state index in [-0.39, 0.29) is 18.4 Å². The molecular weight excluding hydrogens is 272 g/mol. The number of carboxylic acid groups (broad SMARTS) is 1. The average molecular weight is 300 g/mol. The molecule has 1 rings (SSSR count). The molecule has 6 heteroatoms. The van der Waals surface area contributed by atoms with Gasteiger partial charge in [-0.2, -0.15) is 0 Å². The van der Waals surface area contributed by atoms with Gasteiger partial charge in [0.2, 0.25) is 5.91 Å². The van der Waals surface area contributed by atoms with Crippen LogP contribution >= 0.6 is 0 Å². The maximum absolute atomic E-state index is 12.2. The van der Waals surface area contributed by atoms with Crippen LogP contribution in [0.4, 0.5) is 0 Å². The number of hydrogen-bond donors (Lipinski definition) is 3. The molecule has 3 atom stereocenters. The van der Waals surface area contributed by atoms with Crippen LogP contribution in [-0.2, 0) is 14.3 Å². The van der Waals surface area contributed by atoms with E-state index in [4.69, 9.17) is 15.6 Å². The van der Waals surface area contributed by atoms with E-state index in [9.17, 15) is 9.59 Å². The summed E-state index contributed by atoms with van der Waals surface area (Å²) in [5.74, 6) is -0.490. The van der Waals surface area contributed by atoms with Crippen molar-refractivity contribution < 1.29 is 19.4 Å². The van der Waals surface area contributed by atoms with E-state index in [0.717, 1.165) is 19.3 Å². The summed E-state index contributed by atoms with van der Waals surface area (Å²) in [6.45, 7) is 5.25. The maximum atomic E-state index is 12.2. The van der Waals surface area contributed by atoms with Gasteiger partial charge in [-0.05, 0) is 25.7 Å². The van der Waals surface area contributed by atoms with Crippen LogP contribution in [0.15, 0.2) is 0 Å². The number of carboxylic acids is 1. The van der Waals surface area contributed by atoms with Gasteiger partial charge in [0.25, 0.3) is 0 Å². The minimum Gasteiger partial charge on any atom is -0.481 e. The van der Waals surface area contributed by atoms with Gasteiger partial charge < -0.3 is 20.9 Å². The number of hydrogen-bond acceptors (Lipinski definition) is 4. The van der Waals surface area contributed by atoms with Crippen molar-refractivity contribution in [3.05, 3.63) is 0 Å². The molecule has 4 N–H and O–H groups in total. The molecule has 3 unspecified atom stereocenters. The SMILES string of the molecule is CCCC(CCNC(=O)C1(C)COCC1N)CCC(=O)O. The smallest absolute Gasteiger partial charge is 0.303 e. The summed E-state index contributed by atoms with van der Waals surface area (Å²) in [5, 5.41) is 11.7. The summed E-state index contributed by atoms with van der Waals surface area (Å²) in [6, 6.07) is -0.268. The minimum absolute atomic E-state index is 0.0685. The van der Waals surface area contributed by atoms with E-state index in [1.165, 1.54) is 0 Å². The first-order valence-electron chi connectivity index (χ1n) is 7.73. The fourth-order valence-corrected chi connectivity index (χ4v) is 2.68. The summed E-state index contributed by atoms with van der Waals surface area (Å²) in [7, 11) is 0. The Kier molecular flexibility index (Phi) is 7.11. The summed E-state index contributed by atoms with van der Waals surface area (Å²) >= 11 is 0. The van der Waals surface area contributed by atoms with Crippen LogP contribution in [0.3, 0.4) is 0 Å². The number of aliphatic carboxylic acids is 1. The van der Waals surface area contributed by atoms with Crippen molar-refractivity contribution in [1.29, 1.82) is 0 Å². The zero-order chi connectivity index (χ0) is 15.9. The molecule has 0 saturated carbocycles. The Labute approximate surface area is 126 Å². The van der Waals surface area contributed by atoms with E-state index in [1.807, 2.05) is 6.92 Å². The molecular formula is C15H28N2O4. The zero-order valence-corrected chi connectivity index (χ0v) is 13.1. The van der Waals surface area contributed by atoms with Gasteiger partial charge in [-0.15, -0.1) is 0 Å². The van der Waals surface area contributed by atoms with Crippen LogP contribution in [0, 0.1) is 11.3 Å². The fourth-order valence-electron chi connectivity index (χ4n) is 2.68. The molecule has 1 amide bonds. The lowest BCUT2D eigenvalue weighted by Crippen LogP contribution is -2.50. The second-order valence-electron chi connectivity index (χ2n) is 6.17. The Hall–Kier alpha value is -1.14. The Balaban J connectivity index is 2.35. The number of amides is 1. The van der Waals surface area contributed by atoms with Gasteiger partial charge >= 0.3 is 5.97 Å². The van der Waals surface area contributed by atoms with E-state index in [2.05, 4.69) is 12.2 Å². The minimum atomic E-state index is -0.762. The summed E-state index contributed by atoms with van der Waals surface area (Å²) in [4.78, 5) is 22.9. The molecule has 0 bridgehead atoms. The Morgan fingerprint density at radius 1 is 1.43 bits per heavy atom. The van der Waals surface area contributed by atoms with Crippen molar-refractivity contribution in [2.45, 2.75) is 52.0 Å². The molecule has 0 spiro atoms. The van der Waals surface area contributed by atoms with Gasteiger partial charge in [-0.3, -0.25) is 9.59 Å². The van der Waals surface area contributed by atoms with Gasteiger partial charge in [-0.1, -0.05) is 19.8 Å². The molecule has 122 valence electrons. The highest BCUT2D eigenvalue weighted by molar-refractivity contribution is 5.83. The molecule has 1 aliphatic heterocycles. The van der Waals surface area contributed by atoms with Crippen LogP contribution in [0.1, 0.15) is 46.0 Å². The molecule has 21 heavy (non-hydrogen) atoms. The number of carbonyl (C=O) groups excluding carboxylic acids is 1. The first-order chi connectivity index (χ1) is 9.90. The predicted molar refractivity (Wildman–Crippen MR) is 79.8 cm³/mol. The third-order valence-corrected chi connectivity index (χ3v) is 4.34. The number of carbonyl (C=O) groups is 2. The lowest BCUT2D eigenvalue weighted by molar-refractivity contribution is -0.137. The second-order valence-corrected chi connectivity index (χ2v) is 6.17. The van der Waals surface area contributed by atoms with Crippen LogP contribution in [0.5, 0.6) is 0 Å².